The summed E-state index contributed by atoms with van der Waals surface area (Å²) in [6.07, 6.45) is 3.77. The van der Waals surface area contributed by atoms with Crippen LogP contribution in [0.25, 0.3) is 0 Å². The van der Waals surface area contributed by atoms with E-state index in [2.05, 4.69) is 17.6 Å². The third kappa shape index (κ3) is 6.91. The van der Waals surface area contributed by atoms with Gasteiger partial charge in [-0.25, -0.2) is 0 Å². The van der Waals surface area contributed by atoms with Crippen molar-refractivity contribution in [1.82, 2.24) is 10.6 Å². The van der Waals surface area contributed by atoms with Crippen LogP contribution >= 0.6 is 24.2 Å². The molecule has 0 spiro atoms. The molecule has 1 saturated heterocycles. The molecule has 1 fully saturated rings. The van der Waals surface area contributed by atoms with Crippen molar-refractivity contribution in [3.63, 3.8) is 0 Å². The number of halogens is 1. The molecule has 2 rings (SSSR count). The lowest BCUT2D eigenvalue weighted by Gasteiger charge is -2.25. The fourth-order valence-corrected chi connectivity index (χ4v) is 3.74. The summed E-state index contributed by atoms with van der Waals surface area (Å²) in [5.74, 6) is 3.15. The number of rotatable bonds is 8. The normalized spacial score (nSPS) is 18.3. The topological polar surface area (TPSA) is 50.4 Å². The molecule has 1 amide bonds. The Morgan fingerprint density at radius 1 is 1.42 bits per heavy atom. The quantitative estimate of drug-likeness (QED) is 0.732. The maximum atomic E-state index is 12.4. The molecule has 24 heavy (non-hydrogen) atoms. The lowest BCUT2D eigenvalue weighted by Crippen LogP contribution is -2.42. The largest absolute Gasteiger partial charge is 0.497 e. The van der Waals surface area contributed by atoms with Crippen LogP contribution < -0.4 is 15.4 Å². The summed E-state index contributed by atoms with van der Waals surface area (Å²) in [7, 11) is 1.67. The summed E-state index contributed by atoms with van der Waals surface area (Å²) < 4.78 is 5.21. The zero-order chi connectivity index (χ0) is 16.5. The molecule has 2 unspecified atom stereocenters. The molecule has 1 aromatic carbocycles. The standard InChI is InChI=1S/C18H28N2O2S.ClH/c1-3-4-5-17(14-6-8-16(22-2)9-7-14)20-18(21)12-15-13-23-11-10-19-15;/h6-9,15,17,19H,3-5,10-13H2,1-2H3,(H,20,21);1H. The van der Waals surface area contributed by atoms with Crippen molar-refractivity contribution >= 4 is 30.1 Å². The van der Waals surface area contributed by atoms with E-state index in [1.807, 2.05) is 36.0 Å². The first-order valence-corrected chi connectivity index (χ1v) is 9.62. The Balaban J connectivity index is 0.00000288. The molecule has 1 aliphatic rings. The van der Waals surface area contributed by atoms with Gasteiger partial charge >= 0.3 is 0 Å². The molecule has 2 N–H and O–H groups in total. The molecule has 0 radical (unpaired) electrons. The van der Waals surface area contributed by atoms with Gasteiger partial charge in [-0.15, -0.1) is 12.4 Å². The van der Waals surface area contributed by atoms with Crippen molar-refractivity contribution in [1.29, 1.82) is 0 Å². The third-order valence-corrected chi connectivity index (χ3v) is 5.26. The number of nitrogens with one attached hydrogen (secondary N) is 2. The molecule has 0 aromatic heterocycles. The van der Waals surface area contributed by atoms with Crippen LogP contribution in [0, 0.1) is 0 Å². The van der Waals surface area contributed by atoms with Gasteiger partial charge in [0, 0.05) is 30.5 Å². The average molecular weight is 373 g/mol. The van der Waals surface area contributed by atoms with E-state index < -0.39 is 0 Å². The number of ether oxygens (including phenoxy) is 1. The summed E-state index contributed by atoms with van der Waals surface area (Å²) in [5, 5.41) is 6.65. The number of unbranched alkanes of at least 4 members (excludes halogenated alkanes) is 1. The molecule has 1 aliphatic heterocycles. The SMILES string of the molecule is CCCCC(NC(=O)CC1CSCCN1)c1ccc(OC)cc1.Cl. The van der Waals surface area contributed by atoms with Crippen molar-refractivity contribution < 1.29 is 9.53 Å². The van der Waals surface area contributed by atoms with E-state index in [0.717, 1.165) is 48.6 Å². The molecule has 1 heterocycles. The van der Waals surface area contributed by atoms with Crippen molar-refractivity contribution in [3.05, 3.63) is 29.8 Å². The van der Waals surface area contributed by atoms with Crippen LogP contribution in [0.5, 0.6) is 5.75 Å². The van der Waals surface area contributed by atoms with Gasteiger partial charge in [0.1, 0.15) is 5.75 Å². The first-order valence-electron chi connectivity index (χ1n) is 8.47. The zero-order valence-corrected chi connectivity index (χ0v) is 16.2. The van der Waals surface area contributed by atoms with Crippen molar-refractivity contribution in [2.24, 2.45) is 0 Å². The van der Waals surface area contributed by atoms with Crippen molar-refractivity contribution in [3.8, 4) is 5.75 Å². The molecule has 2 atom stereocenters. The van der Waals surface area contributed by atoms with Crippen molar-refractivity contribution in [2.45, 2.75) is 44.7 Å². The second kappa shape index (κ2) is 11.6. The Labute approximate surface area is 155 Å². The van der Waals surface area contributed by atoms with E-state index in [1.165, 1.54) is 0 Å². The fraction of sp³-hybridized carbons (Fsp3) is 0.611. The van der Waals surface area contributed by atoms with Crippen LogP contribution in [0.2, 0.25) is 0 Å². The molecule has 4 nitrogen and oxygen atoms in total. The average Bonchev–Trinajstić information content (AvgIpc) is 2.59. The summed E-state index contributed by atoms with van der Waals surface area (Å²) >= 11 is 1.92. The van der Waals surface area contributed by atoms with Gasteiger partial charge in [-0.05, 0) is 24.1 Å². The van der Waals surface area contributed by atoms with E-state index in [1.54, 1.807) is 7.11 Å². The first-order chi connectivity index (χ1) is 11.2. The minimum Gasteiger partial charge on any atom is -0.497 e. The van der Waals surface area contributed by atoms with Gasteiger partial charge in [0.05, 0.1) is 13.2 Å². The number of benzene rings is 1. The summed E-state index contributed by atoms with van der Waals surface area (Å²) in [6.45, 7) is 3.18. The van der Waals surface area contributed by atoms with Gasteiger partial charge < -0.3 is 15.4 Å². The second-order valence-corrected chi connectivity index (χ2v) is 7.12. The Hall–Kier alpha value is -0.910. The van der Waals surface area contributed by atoms with Gasteiger partial charge in [-0.2, -0.15) is 11.8 Å². The number of hydrogen-bond acceptors (Lipinski definition) is 4. The number of thioether (sulfide) groups is 1. The lowest BCUT2D eigenvalue weighted by molar-refractivity contribution is -0.122. The second-order valence-electron chi connectivity index (χ2n) is 5.97. The number of carbonyl (C=O) groups excluding carboxylic acids is 1. The molecule has 136 valence electrons. The number of methoxy groups -OCH3 is 1. The van der Waals surface area contributed by atoms with E-state index >= 15 is 0 Å². The van der Waals surface area contributed by atoms with Gasteiger partial charge in [-0.1, -0.05) is 31.9 Å². The molecular weight excluding hydrogens is 344 g/mol. The Morgan fingerprint density at radius 3 is 2.75 bits per heavy atom. The van der Waals surface area contributed by atoms with Crippen LogP contribution in [0.3, 0.4) is 0 Å². The Bertz CT molecular complexity index is 478. The number of hydrogen-bond donors (Lipinski definition) is 2. The highest BCUT2D eigenvalue weighted by Crippen LogP contribution is 2.22. The number of carbonyl (C=O) groups is 1. The third-order valence-electron chi connectivity index (χ3n) is 4.13. The molecule has 0 saturated carbocycles. The maximum Gasteiger partial charge on any atom is 0.222 e. The highest BCUT2D eigenvalue weighted by molar-refractivity contribution is 7.99. The fourth-order valence-electron chi connectivity index (χ4n) is 2.79. The molecule has 0 aliphatic carbocycles. The Morgan fingerprint density at radius 2 is 2.17 bits per heavy atom. The molecule has 0 bridgehead atoms. The van der Waals surface area contributed by atoms with Crippen LogP contribution in [-0.4, -0.2) is 37.1 Å². The van der Waals surface area contributed by atoms with E-state index in [4.69, 9.17) is 4.74 Å². The summed E-state index contributed by atoms with van der Waals surface area (Å²) in [6, 6.07) is 8.41. The van der Waals surface area contributed by atoms with Gasteiger partial charge in [0.15, 0.2) is 0 Å². The highest BCUT2D eigenvalue weighted by Gasteiger charge is 2.19. The van der Waals surface area contributed by atoms with Gasteiger partial charge in [0.25, 0.3) is 0 Å². The van der Waals surface area contributed by atoms with Gasteiger partial charge in [-0.3, -0.25) is 4.79 Å². The number of amides is 1. The summed E-state index contributed by atoms with van der Waals surface area (Å²) in [4.78, 5) is 12.4. The van der Waals surface area contributed by atoms with Gasteiger partial charge in [0.2, 0.25) is 5.91 Å². The van der Waals surface area contributed by atoms with E-state index in [0.29, 0.717) is 12.5 Å². The van der Waals surface area contributed by atoms with Crippen LogP contribution in [0.1, 0.15) is 44.2 Å². The monoisotopic (exact) mass is 372 g/mol. The van der Waals surface area contributed by atoms with E-state index in [9.17, 15) is 4.79 Å². The molecular formula is C18H29ClN2O2S. The minimum atomic E-state index is 0. The maximum absolute atomic E-state index is 12.4. The molecule has 1 aromatic rings. The van der Waals surface area contributed by atoms with Crippen LogP contribution in [0.15, 0.2) is 24.3 Å². The minimum absolute atomic E-state index is 0. The van der Waals surface area contributed by atoms with Crippen LogP contribution in [-0.2, 0) is 4.79 Å². The van der Waals surface area contributed by atoms with Crippen molar-refractivity contribution in [2.75, 3.05) is 25.2 Å². The van der Waals surface area contributed by atoms with E-state index in [-0.39, 0.29) is 24.4 Å². The predicted octanol–water partition coefficient (Wildman–Crippen LogP) is 3.56. The first kappa shape index (κ1) is 21.1. The smallest absolute Gasteiger partial charge is 0.222 e. The Kier molecular flexibility index (Phi) is 10.2. The summed E-state index contributed by atoms with van der Waals surface area (Å²) in [5.41, 5.74) is 1.15. The van der Waals surface area contributed by atoms with Crippen LogP contribution in [0.4, 0.5) is 0 Å². The lowest BCUT2D eigenvalue weighted by atomic mass is 10.0. The zero-order valence-electron chi connectivity index (χ0n) is 14.5. The molecule has 6 heteroatoms. The highest BCUT2D eigenvalue weighted by atomic mass is 35.5. The predicted molar refractivity (Wildman–Crippen MR) is 104 cm³/mol.